The van der Waals surface area contributed by atoms with Crippen molar-refractivity contribution >= 4 is 16.3 Å². The average molecular weight is 121 g/mol. The Bertz CT molecular complexity index is 25.7. The summed E-state index contributed by atoms with van der Waals surface area (Å²) in [6.45, 7) is 4.40. The number of hydrogen-bond donors (Lipinski definition) is 0. The smallest absolute Gasteiger partial charge is 1.00 e. The Hall–Kier alpha value is 0.822. The zero-order valence-corrected chi connectivity index (χ0v) is 6.15. The van der Waals surface area contributed by atoms with Gasteiger partial charge in [-0.25, -0.2) is 0 Å². The number of rotatable bonds is 1. The van der Waals surface area contributed by atoms with Crippen LogP contribution in [0.25, 0.3) is 0 Å². The van der Waals surface area contributed by atoms with Gasteiger partial charge in [0.15, 0.2) is 0 Å². The molecule has 0 unspecified atom stereocenters. The van der Waals surface area contributed by atoms with Gasteiger partial charge in [0.2, 0.25) is 0 Å². The van der Waals surface area contributed by atoms with Crippen molar-refractivity contribution in [1.82, 2.24) is 0 Å². The summed E-state index contributed by atoms with van der Waals surface area (Å²) in [7, 11) is 0. The maximum Gasteiger partial charge on any atom is -1.00 e. The molecule has 0 spiro atoms. The third-order valence-electron chi connectivity index (χ3n) is 0.471. The molecule has 0 saturated heterocycles. The molecule has 0 nitrogen and oxygen atoms in total. The minimum atomic E-state index is 0. The van der Waals surface area contributed by atoms with Gasteiger partial charge in [0, 0.05) is 0 Å². The molecule has 0 saturated carbocycles. The van der Waals surface area contributed by atoms with Gasteiger partial charge < -0.3 is 13.8 Å². The molecule has 36 valence electrons. The number of halogens is 1. The molecule has 0 N–H and O–H groups in total. The molecule has 0 radical (unpaired) electrons. The predicted octanol–water partition coefficient (Wildman–Crippen LogP) is -1.65. The normalized spacial score (nSPS) is 8.17. The van der Waals surface area contributed by atoms with E-state index in [1.165, 1.54) is 5.28 Å². The van der Waals surface area contributed by atoms with Gasteiger partial charge in [-0.1, -0.05) is 0 Å². The van der Waals surface area contributed by atoms with E-state index >= 15 is 0 Å². The molecule has 6 heavy (non-hydrogen) atoms. The predicted molar refractivity (Wildman–Crippen MR) is 26.5 cm³/mol. The zero-order valence-electron chi connectivity index (χ0n) is 5.24. The van der Waals surface area contributed by atoms with Crippen LogP contribution < -0.4 is 12.4 Å². The standard InChI is InChI=1S/C4H9.Al.ClH.H/c1-4(2)3;;;/h4H,1H2,2-3H3;;1H;/q;+2;;-1/p-1. The maximum atomic E-state index is 2.69. The first-order valence-corrected chi connectivity index (χ1v) is 2.79. The third-order valence-corrected chi connectivity index (χ3v) is 1.41. The monoisotopic (exact) mass is 120 g/mol. The fraction of sp³-hybridized carbons (Fsp3) is 1.00. The second kappa shape index (κ2) is 5.82. The van der Waals surface area contributed by atoms with E-state index in [-0.39, 0.29) is 13.8 Å². The Kier molecular flexibility index (Phi) is 9.65. The first-order valence-electron chi connectivity index (χ1n) is 1.97. The van der Waals surface area contributed by atoms with Crippen LogP contribution in [-0.2, 0) is 0 Å². The van der Waals surface area contributed by atoms with Crippen LogP contribution in [0.1, 0.15) is 15.3 Å². The topological polar surface area (TPSA) is 0 Å². The molecule has 0 bridgehead atoms. The van der Waals surface area contributed by atoms with Gasteiger partial charge >= 0.3 is 41.3 Å². The zero-order chi connectivity index (χ0) is 4.28. The molecule has 0 fully saturated rings. The van der Waals surface area contributed by atoms with Crippen LogP contribution in [0.2, 0.25) is 5.28 Å². The van der Waals surface area contributed by atoms with Crippen molar-refractivity contribution in [2.24, 2.45) is 5.92 Å². The Labute approximate surface area is 55.6 Å². The molecule has 0 aromatic heterocycles. The molecule has 0 amide bonds. The molecule has 0 aliphatic carbocycles. The minimum Gasteiger partial charge on any atom is -1.00 e. The summed E-state index contributed by atoms with van der Waals surface area (Å²) < 4.78 is 0. The summed E-state index contributed by atoms with van der Waals surface area (Å²) in [5.41, 5.74) is 0. The van der Waals surface area contributed by atoms with Crippen LogP contribution >= 0.6 is 0 Å². The van der Waals surface area contributed by atoms with E-state index in [4.69, 9.17) is 0 Å². The van der Waals surface area contributed by atoms with Gasteiger partial charge in [0.05, 0.1) is 0 Å². The van der Waals surface area contributed by atoms with Crippen LogP contribution in [0.4, 0.5) is 0 Å². The van der Waals surface area contributed by atoms with Crippen molar-refractivity contribution in [3.05, 3.63) is 0 Å². The van der Waals surface area contributed by atoms with Crippen molar-refractivity contribution in [1.29, 1.82) is 0 Å². The molecule has 0 aromatic rings. The summed E-state index contributed by atoms with van der Waals surface area (Å²) in [5.74, 6) is 0.847. The van der Waals surface area contributed by atoms with Gasteiger partial charge in [0.25, 0.3) is 0 Å². The van der Waals surface area contributed by atoms with E-state index in [9.17, 15) is 0 Å². The largest absolute Gasteiger partial charge is 1.00 e. The van der Waals surface area contributed by atoms with E-state index in [2.05, 4.69) is 30.1 Å². The van der Waals surface area contributed by atoms with Crippen LogP contribution in [0.15, 0.2) is 0 Å². The van der Waals surface area contributed by atoms with Crippen molar-refractivity contribution in [2.45, 2.75) is 19.1 Å². The SMILES string of the molecule is CC(C)[CH2][Al+2].[Cl-].[H-]. The van der Waals surface area contributed by atoms with Crippen molar-refractivity contribution in [3.63, 3.8) is 0 Å². The van der Waals surface area contributed by atoms with Gasteiger partial charge in [-0.3, -0.25) is 0 Å². The fourth-order valence-corrected chi connectivity index (χ4v) is 0. The van der Waals surface area contributed by atoms with Gasteiger partial charge in [-0.15, -0.1) is 0 Å². The average Bonchev–Trinajstić information content (AvgIpc) is 1.38. The van der Waals surface area contributed by atoms with Crippen LogP contribution in [0.3, 0.4) is 0 Å². The molecule has 0 aromatic carbocycles. The van der Waals surface area contributed by atoms with Crippen molar-refractivity contribution < 1.29 is 13.8 Å². The fourth-order valence-electron chi connectivity index (χ4n) is 0. The molecular formula is C4H10AlCl. The van der Waals surface area contributed by atoms with E-state index < -0.39 is 0 Å². The van der Waals surface area contributed by atoms with Gasteiger partial charge in [-0.05, 0) is 0 Å². The summed E-state index contributed by atoms with van der Waals surface area (Å²) in [6, 6.07) is 0. The van der Waals surface area contributed by atoms with Crippen LogP contribution in [0, 0.1) is 5.92 Å². The number of hydrogen-bond acceptors (Lipinski definition) is 0. The second-order valence-corrected chi connectivity index (χ2v) is 2.10. The summed E-state index contributed by atoms with van der Waals surface area (Å²) in [6.07, 6.45) is 0. The van der Waals surface area contributed by atoms with Gasteiger partial charge in [-0.2, -0.15) is 0 Å². The van der Waals surface area contributed by atoms with E-state index in [0.29, 0.717) is 0 Å². The Morgan fingerprint density at radius 3 is 1.83 bits per heavy atom. The quantitative estimate of drug-likeness (QED) is 0.364. The summed E-state index contributed by atoms with van der Waals surface area (Å²) in [4.78, 5) is 0. The van der Waals surface area contributed by atoms with Crippen LogP contribution in [-0.4, -0.2) is 16.3 Å². The van der Waals surface area contributed by atoms with Crippen molar-refractivity contribution in [3.8, 4) is 0 Å². The first kappa shape index (κ1) is 9.95. The Balaban J connectivity index is -0.0000000800. The molecule has 0 heterocycles. The maximum absolute atomic E-state index is 2.69. The first-order chi connectivity index (χ1) is 2.27. The summed E-state index contributed by atoms with van der Waals surface area (Å²) >= 11 is 2.69. The summed E-state index contributed by atoms with van der Waals surface area (Å²) in [5, 5.41) is 1.22. The molecule has 0 aliphatic rings. The molecule has 2 heteroatoms. The van der Waals surface area contributed by atoms with E-state index in [1.807, 2.05) is 0 Å². The van der Waals surface area contributed by atoms with Gasteiger partial charge in [0.1, 0.15) is 0 Å². The Morgan fingerprint density at radius 2 is 1.83 bits per heavy atom. The molecule has 0 rings (SSSR count). The van der Waals surface area contributed by atoms with Crippen molar-refractivity contribution in [2.75, 3.05) is 0 Å². The van der Waals surface area contributed by atoms with E-state index in [0.717, 1.165) is 5.92 Å². The second-order valence-electron chi connectivity index (χ2n) is 1.63. The van der Waals surface area contributed by atoms with E-state index in [1.54, 1.807) is 0 Å². The minimum absolute atomic E-state index is 0. The molecule has 0 atom stereocenters. The molecular weight excluding hydrogens is 110 g/mol. The van der Waals surface area contributed by atoms with Crippen LogP contribution in [0.5, 0.6) is 0 Å². The Morgan fingerprint density at radius 1 is 1.67 bits per heavy atom. The third kappa shape index (κ3) is 8.85. The molecule has 0 aliphatic heterocycles.